The van der Waals surface area contributed by atoms with Gasteiger partial charge in [-0.25, -0.2) is 4.98 Å². The topological polar surface area (TPSA) is 37.0 Å². The van der Waals surface area contributed by atoms with E-state index in [2.05, 4.69) is 22.5 Å². The summed E-state index contributed by atoms with van der Waals surface area (Å²) >= 11 is 1.74. The number of hydrogen-bond acceptors (Lipinski definition) is 4. The van der Waals surface area contributed by atoms with Crippen LogP contribution in [0.3, 0.4) is 0 Å². The van der Waals surface area contributed by atoms with E-state index in [0.717, 1.165) is 13.1 Å². The molecule has 2 heterocycles. The first-order chi connectivity index (χ1) is 6.86. The maximum absolute atomic E-state index is 4.24. The third-order valence-corrected chi connectivity index (χ3v) is 3.63. The predicted octanol–water partition coefficient (Wildman–Crippen LogP) is 1.29. The van der Waals surface area contributed by atoms with Gasteiger partial charge in [-0.15, -0.1) is 11.3 Å². The van der Waals surface area contributed by atoms with Gasteiger partial charge in [-0.05, 0) is 26.3 Å². The second-order valence-electron chi connectivity index (χ2n) is 3.79. The quantitative estimate of drug-likeness (QED) is 0.791. The number of nitrogens with one attached hydrogen (secondary N) is 2. The fourth-order valence-corrected chi connectivity index (χ4v) is 2.49. The Morgan fingerprint density at radius 1 is 1.71 bits per heavy atom. The number of rotatable bonds is 3. The van der Waals surface area contributed by atoms with Gasteiger partial charge in [0.1, 0.15) is 0 Å². The van der Waals surface area contributed by atoms with Crippen LogP contribution < -0.4 is 10.6 Å². The molecular formula is C10H17N3S. The Balaban J connectivity index is 1.79. The molecule has 1 aromatic heterocycles. The maximum atomic E-state index is 4.24. The highest BCUT2D eigenvalue weighted by atomic mass is 32.1. The molecule has 78 valence electrons. The van der Waals surface area contributed by atoms with Crippen LogP contribution in [0.25, 0.3) is 0 Å². The average molecular weight is 211 g/mol. The molecule has 1 fully saturated rings. The van der Waals surface area contributed by atoms with Crippen molar-refractivity contribution in [1.29, 1.82) is 0 Å². The Hall–Kier alpha value is -0.450. The molecule has 1 unspecified atom stereocenters. The highest BCUT2D eigenvalue weighted by Crippen LogP contribution is 2.12. The lowest BCUT2D eigenvalue weighted by atomic mass is 10.1. The third-order valence-electron chi connectivity index (χ3n) is 2.69. The van der Waals surface area contributed by atoms with E-state index in [4.69, 9.17) is 0 Å². The summed E-state index contributed by atoms with van der Waals surface area (Å²) in [5, 5.41) is 6.98. The summed E-state index contributed by atoms with van der Waals surface area (Å²) in [6.45, 7) is 5.34. The van der Waals surface area contributed by atoms with Crippen molar-refractivity contribution < 1.29 is 0 Å². The molecule has 2 rings (SSSR count). The third kappa shape index (κ3) is 2.53. The van der Waals surface area contributed by atoms with Gasteiger partial charge >= 0.3 is 0 Å². The van der Waals surface area contributed by atoms with Crippen molar-refractivity contribution in [2.24, 2.45) is 0 Å². The zero-order valence-corrected chi connectivity index (χ0v) is 9.36. The molecule has 1 aliphatic heterocycles. The molecule has 0 bridgehead atoms. The Morgan fingerprint density at radius 3 is 3.29 bits per heavy atom. The molecule has 14 heavy (non-hydrogen) atoms. The first-order valence-electron chi connectivity index (χ1n) is 5.19. The van der Waals surface area contributed by atoms with E-state index in [1.165, 1.54) is 30.0 Å². The van der Waals surface area contributed by atoms with Crippen molar-refractivity contribution in [2.75, 3.05) is 13.1 Å². The minimum absolute atomic E-state index is 0.644. The molecule has 1 atom stereocenters. The standard InChI is InChI=1S/C10H17N3S/c1-8-10(14-7-13-8)6-12-9-3-2-4-11-5-9/h7,9,11-12H,2-6H2,1H3. The van der Waals surface area contributed by atoms with E-state index in [0.29, 0.717) is 6.04 Å². The molecule has 0 spiro atoms. The zero-order chi connectivity index (χ0) is 9.80. The van der Waals surface area contributed by atoms with Crippen molar-refractivity contribution in [1.82, 2.24) is 15.6 Å². The van der Waals surface area contributed by atoms with Gasteiger partial charge in [0.15, 0.2) is 0 Å². The Kier molecular flexibility index (Phi) is 3.50. The summed E-state index contributed by atoms with van der Waals surface area (Å²) in [6, 6.07) is 0.644. The van der Waals surface area contributed by atoms with Gasteiger partial charge in [-0.2, -0.15) is 0 Å². The maximum Gasteiger partial charge on any atom is 0.0798 e. The molecule has 2 N–H and O–H groups in total. The monoisotopic (exact) mass is 211 g/mol. The highest BCUT2D eigenvalue weighted by molar-refractivity contribution is 7.09. The molecule has 0 aromatic carbocycles. The Bertz CT molecular complexity index is 279. The van der Waals surface area contributed by atoms with E-state index >= 15 is 0 Å². The fraction of sp³-hybridized carbons (Fsp3) is 0.700. The fourth-order valence-electron chi connectivity index (χ4n) is 1.76. The van der Waals surface area contributed by atoms with Crippen LogP contribution in [0.5, 0.6) is 0 Å². The first kappa shape index (κ1) is 10.1. The van der Waals surface area contributed by atoms with Crippen molar-refractivity contribution >= 4 is 11.3 Å². The predicted molar refractivity (Wildman–Crippen MR) is 59.6 cm³/mol. The number of thiazole rings is 1. The molecule has 0 aliphatic carbocycles. The van der Waals surface area contributed by atoms with Crippen LogP contribution in [0.15, 0.2) is 5.51 Å². The highest BCUT2D eigenvalue weighted by Gasteiger charge is 2.12. The van der Waals surface area contributed by atoms with Crippen molar-refractivity contribution in [3.05, 3.63) is 16.1 Å². The van der Waals surface area contributed by atoms with Crippen LogP contribution in [0.1, 0.15) is 23.4 Å². The normalized spacial score (nSPS) is 22.5. The Labute approximate surface area is 88.9 Å². The molecule has 0 saturated carbocycles. The number of piperidine rings is 1. The number of aromatic nitrogens is 1. The van der Waals surface area contributed by atoms with Crippen molar-refractivity contribution in [2.45, 2.75) is 32.4 Å². The van der Waals surface area contributed by atoms with E-state index < -0.39 is 0 Å². The van der Waals surface area contributed by atoms with Gasteiger partial charge in [0.2, 0.25) is 0 Å². The van der Waals surface area contributed by atoms with Crippen LogP contribution in [-0.4, -0.2) is 24.1 Å². The first-order valence-corrected chi connectivity index (χ1v) is 6.07. The smallest absolute Gasteiger partial charge is 0.0798 e. The van der Waals surface area contributed by atoms with Crippen LogP contribution in [0.4, 0.5) is 0 Å². The van der Waals surface area contributed by atoms with Gasteiger partial charge in [-0.1, -0.05) is 0 Å². The molecular weight excluding hydrogens is 194 g/mol. The number of hydrogen-bond donors (Lipinski definition) is 2. The van der Waals surface area contributed by atoms with Crippen molar-refractivity contribution in [3.8, 4) is 0 Å². The summed E-state index contributed by atoms with van der Waals surface area (Å²) in [5.41, 5.74) is 3.09. The summed E-state index contributed by atoms with van der Waals surface area (Å²) < 4.78 is 0. The minimum Gasteiger partial charge on any atom is -0.315 e. The molecule has 0 amide bonds. The van der Waals surface area contributed by atoms with Gasteiger partial charge in [0, 0.05) is 24.0 Å². The lowest BCUT2D eigenvalue weighted by molar-refractivity contribution is 0.390. The van der Waals surface area contributed by atoms with Gasteiger partial charge in [-0.3, -0.25) is 0 Å². The second kappa shape index (κ2) is 4.87. The molecule has 1 aliphatic rings. The number of nitrogens with zero attached hydrogens (tertiary/aromatic N) is 1. The molecule has 1 saturated heterocycles. The van der Waals surface area contributed by atoms with E-state index in [-0.39, 0.29) is 0 Å². The van der Waals surface area contributed by atoms with Gasteiger partial charge in [0.25, 0.3) is 0 Å². The molecule has 3 nitrogen and oxygen atoms in total. The molecule has 1 aromatic rings. The van der Waals surface area contributed by atoms with E-state index in [1.54, 1.807) is 11.3 Å². The minimum atomic E-state index is 0.644. The lowest BCUT2D eigenvalue weighted by Crippen LogP contribution is -2.42. The summed E-state index contributed by atoms with van der Waals surface area (Å²) in [5.74, 6) is 0. The van der Waals surface area contributed by atoms with Crippen LogP contribution in [0.2, 0.25) is 0 Å². The summed E-state index contributed by atoms with van der Waals surface area (Å²) in [7, 11) is 0. The van der Waals surface area contributed by atoms with Crippen LogP contribution in [0, 0.1) is 6.92 Å². The SMILES string of the molecule is Cc1ncsc1CNC1CCCNC1. The zero-order valence-electron chi connectivity index (χ0n) is 8.55. The second-order valence-corrected chi connectivity index (χ2v) is 4.72. The van der Waals surface area contributed by atoms with Crippen molar-refractivity contribution in [3.63, 3.8) is 0 Å². The van der Waals surface area contributed by atoms with E-state index in [9.17, 15) is 0 Å². The average Bonchev–Trinajstić information content (AvgIpc) is 2.63. The van der Waals surface area contributed by atoms with Gasteiger partial charge in [0.05, 0.1) is 11.2 Å². The largest absolute Gasteiger partial charge is 0.315 e. The summed E-state index contributed by atoms with van der Waals surface area (Å²) in [4.78, 5) is 5.61. The van der Waals surface area contributed by atoms with E-state index in [1.807, 2.05) is 5.51 Å². The number of aryl methyl sites for hydroxylation is 1. The lowest BCUT2D eigenvalue weighted by Gasteiger charge is -2.23. The van der Waals surface area contributed by atoms with Crippen LogP contribution in [-0.2, 0) is 6.54 Å². The molecule has 4 heteroatoms. The molecule has 0 radical (unpaired) electrons. The van der Waals surface area contributed by atoms with Crippen LogP contribution >= 0.6 is 11.3 Å². The Morgan fingerprint density at radius 2 is 2.64 bits per heavy atom. The van der Waals surface area contributed by atoms with Gasteiger partial charge < -0.3 is 10.6 Å². The summed E-state index contributed by atoms with van der Waals surface area (Å²) in [6.07, 6.45) is 2.59.